The van der Waals surface area contributed by atoms with Crippen molar-refractivity contribution >= 4 is 5.82 Å². The van der Waals surface area contributed by atoms with Crippen LogP contribution in [0.4, 0.5) is 23.4 Å². The number of fused-ring (bicyclic) bond motifs is 1. The van der Waals surface area contributed by atoms with Crippen LogP contribution in [-0.4, -0.2) is 54.0 Å². The topological polar surface area (TPSA) is 50.3 Å². The zero-order chi connectivity index (χ0) is 24.0. The summed E-state index contributed by atoms with van der Waals surface area (Å²) in [5, 5.41) is 11.0. The molecule has 1 aromatic heterocycles. The molecule has 5 nitrogen and oxygen atoms in total. The van der Waals surface area contributed by atoms with Gasteiger partial charge in [0, 0.05) is 37.8 Å². The molecule has 34 heavy (non-hydrogen) atoms. The number of benzene rings is 1. The molecule has 0 bridgehead atoms. The van der Waals surface area contributed by atoms with E-state index in [1.54, 1.807) is 6.92 Å². The molecule has 9 heteroatoms. The van der Waals surface area contributed by atoms with E-state index in [0.29, 0.717) is 34.8 Å². The van der Waals surface area contributed by atoms with Crippen molar-refractivity contribution in [1.82, 2.24) is 15.1 Å². The number of aromatic nitrogens is 2. The van der Waals surface area contributed by atoms with Crippen LogP contribution in [0.15, 0.2) is 24.3 Å². The lowest BCUT2D eigenvalue weighted by molar-refractivity contribution is -0.137. The Hall–Kier alpha value is -2.26. The van der Waals surface area contributed by atoms with Crippen molar-refractivity contribution in [2.45, 2.75) is 38.9 Å². The Balaban J connectivity index is 1.27. The average Bonchev–Trinajstić information content (AvgIpc) is 3.45. The van der Waals surface area contributed by atoms with Gasteiger partial charge in [-0.2, -0.15) is 13.2 Å². The summed E-state index contributed by atoms with van der Waals surface area (Å²) in [6.07, 6.45) is -2.96. The van der Waals surface area contributed by atoms with Gasteiger partial charge in [-0.25, -0.2) is 4.39 Å². The molecule has 1 aromatic carbocycles. The highest BCUT2D eigenvalue weighted by atomic mass is 19.4. The third-order valence-electron chi connectivity index (χ3n) is 7.75. The predicted molar refractivity (Wildman–Crippen MR) is 121 cm³/mol. The first-order valence-electron chi connectivity index (χ1n) is 12.0. The monoisotopic (exact) mass is 478 g/mol. The summed E-state index contributed by atoms with van der Waals surface area (Å²) in [6.45, 7) is 8.60. The molecule has 0 radical (unpaired) electrons. The molecule has 3 fully saturated rings. The Morgan fingerprint density at radius 2 is 1.82 bits per heavy atom. The van der Waals surface area contributed by atoms with Crippen molar-refractivity contribution in [2.24, 2.45) is 23.7 Å². The Labute approximate surface area is 196 Å². The molecular formula is C25H30F4N4O. The number of nitrogens with one attached hydrogen (secondary N) is 1. The molecule has 0 amide bonds. The van der Waals surface area contributed by atoms with Crippen LogP contribution in [0.1, 0.15) is 30.9 Å². The minimum absolute atomic E-state index is 0.0129. The van der Waals surface area contributed by atoms with Gasteiger partial charge in [-0.05, 0) is 67.2 Å². The van der Waals surface area contributed by atoms with Crippen molar-refractivity contribution in [3.63, 3.8) is 0 Å². The molecule has 3 aliphatic rings. The van der Waals surface area contributed by atoms with Gasteiger partial charge in [0.1, 0.15) is 11.4 Å². The van der Waals surface area contributed by atoms with Gasteiger partial charge in [0.15, 0.2) is 5.82 Å². The Morgan fingerprint density at radius 3 is 2.47 bits per heavy atom. The minimum atomic E-state index is -4.60. The summed E-state index contributed by atoms with van der Waals surface area (Å²) in [6, 6.07) is 4.89. The highest BCUT2D eigenvalue weighted by Crippen LogP contribution is 2.42. The lowest BCUT2D eigenvalue weighted by Gasteiger charge is -2.24. The number of hydrogen-bond donors (Lipinski definition) is 1. The second-order valence-corrected chi connectivity index (χ2v) is 10.3. The summed E-state index contributed by atoms with van der Waals surface area (Å²) in [5.74, 6) is 1.33. The first kappa shape index (κ1) is 23.5. The van der Waals surface area contributed by atoms with Gasteiger partial charge in [-0.15, -0.1) is 10.2 Å². The van der Waals surface area contributed by atoms with E-state index in [2.05, 4.69) is 27.3 Å². The van der Waals surface area contributed by atoms with Crippen LogP contribution in [0.2, 0.25) is 0 Å². The number of halogens is 4. The molecule has 2 unspecified atom stereocenters. The molecule has 2 aromatic rings. The van der Waals surface area contributed by atoms with Crippen molar-refractivity contribution in [1.29, 1.82) is 0 Å². The van der Waals surface area contributed by atoms with E-state index in [-0.39, 0.29) is 17.6 Å². The summed E-state index contributed by atoms with van der Waals surface area (Å²) >= 11 is 0. The Bertz CT molecular complexity index is 1030. The molecular weight excluding hydrogens is 448 g/mol. The molecule has 1 saturated carbocycles. The van der Waals surface area contributed by atoms with Crippen LogP contribution in [0.25, 0.3) is 11.3 Å². The average molecular weight is 479 g/mol. The molecule has 1 aliphatic carbocycles. The first-order valence-corrected chi connectivity index (χ1v) is 12.0. The third-order valence-corrected chi connectivity index (χ3v) is 7.75. The fourth-order valence-electron chi connectivity index (χ4n) is 5.84. The van der Waals surface area contributed by atoms with Gasteiger partial charge in [0.2, 0.25) is 0 Å². The van der Waals surface area contributed by atoms with E-state index in [1.807, 2.05) is 0 Å². The molecule has 1 N–H and O–H groups in total. The Kier molecular flexibility index (Phi) is 6.27. The third kappa shape index (κ3) is 4.77. The lowest BCUT2D eigenvalue weighted by atomic mass is 9.97. The number of anilines is 1. The van der Waals surface area contributed by atoms with Crippen LogP contribution >= 0.6 is 0 Å². The molecule has 2 saturated heterocycles. The fraction of sp³-hybridized carbons (Fsp3) is 0.600. The van der Waals surface area contributed by atoms with Crippen molar-refractivity contribution in [2.75, 3.05) is 38.2 Å². The number of aryl methyl sites for hydroxylation is 1. The number of alkyl halides is 3. The van der Waals surface area contributed by atoms with Gasteiger partial charge in [0.25, 0.3) is 0 Å². The van der Waals surface area contributed by atoms with Crippen LogP contribution in [0, 0.1) is 36.4 Å². The van der Waals surface area contributed by atoms with E-state index in [0.717, 1.165) is 51.8 Å². The maximum absolute atomic E-state index is 13.9. The van der Waals surface area contributed by atoms with Crippen LogP contribution in [0.5, 0.6) is 0 Å². The number of hydrogen-bond acceptors (Lipinski definition) is 5. The standard InChI is InChI=1S/C25H30F4N4O/c1-14-3-4-19(26)7-21(14)23-8-22(25(27,28)29)24(32-31-23)30-20-5-16-9-33(10-17(16)6-20)11-18-13-34-12-15(18)2/h3-4,7-8,15-18,20H,5-6,9-13H2,1-2H3,(H,30,32)/t15?,16-,17+,18?,20+. The zero-order valence-corrected chi connectivity index (χ0v) is 19.4. The van der Waals surface area contributed by atoms with E-state index in [9.17, 15) is 17.6 Å². The number of ether oxygens (including phenoxy) is 1. The van der Waals surface area contributed by atoms with E-state index in [1.165, 1.54) is 18.2 Å². The summed E-state index contributed by atoms with van der Waals surface area (Å²) in [7, 11) is 0. The minimum Gasteiger partial charge on any atom is -0.381 e. The van der Waals surface area contributed by atoms with Gasteiger partial charge in [-0.3, -0.25) is 0 Å². The van der Waals surface area contributed by atoms with Crippen molar-refractivity contribution in [3.05, 3.63) is 41.2 Å². The molecule has 184 valence electrons. The van der Waals surface area contributed by atoms with Gasteiger partial charge >= 0.3 is 6.18 Å². The van der Waals surface area contributed by atoms with E-state index in [4.69, 9.17) is 4.74 Å². The Morgan fingerprint density at radius 1 is 1.09 bits per heavy atom. The van der Waals surface area contributed by atoms with E-state index < -0.39 is 17.6 Å². The first-order chi connectivity index (χ1) is 16.2. The summed E-state index contributed by atoms with van der Waals surface area (Å²) in [4.78, 5) is 2.50. The summed E-state index contributed by atoms with van der Waals surface area (Å²) in [5.41, 5.74) is 0.0901. The number of nitrogens with zero attached hydrogens (tertiary/aromatic N) is 3. The predicted octanol–water partition coefficient (Wildman–Crippen LogP) is 5.01. The van der Waals surface area contributed by atoms with Gasteiger partial charge < -0.3 is 15.0 Å². The SMILES string of the molecule is Cc1ccc(F)cc1-c1cc(C(F)(F)F)c(N[C@H]2C[C@@H]3CN(CC4COCC4C)C[C@@H]3C2)nn1. The number of likely N-dealkylation sites (tertiary alicyclic amines) is 1. The largest absolute Gasteiger partial charge is 0.420 e. The lowest BCUT2D eigenvalue weighted by Crippen LogP contribution is -2.32. The normalized spacial score (nSPS) is 29.5. The van der Waals surface area contributed by atoms with Crippen LogP contribution in [-0.2, 0) is 10.9 Å². The van der Waals surface area contributed by atoms with Crippen molar-refractivity contribution in [3.8, 4) is 11.3 Å². The molecule has 2 aliphatic heterocycles. The quantitative estimate of drug-likeness (QED) is 0.612. The smallest absolute Gasteiger partial charge is 0.381 e. The van der Waals surface area contributed by atoms with Gasteiger partial charge in [-0.1, -0.05) is 13.0 Å². The van der Waals surface area contributed by atoms with Gasteiger partial charge in [0.05, 0.1) is 12.3 Å². The summed E-state index contributed by atoms with van der Waals surface area (Å²) < 4.78 is 61.0. The van der Waals surface area contributed by atoms with Crippen LogP contribution in [0.3, 0.4) is 0 Å². The zero-order valence-electron chi connectivity index (χ0n) is 19.4. The highest BCUT2D eigenvalue weighted by molar-refractivity contribution is 5.65. The van der Waals surface area contributed by atoms with Crippen LogP contribution < -0.4 is 5.32 Å². The second-order valence-electron chi connectivity index (χ2n) is 10.3. The molecule has 0 spiro atoms. The maximum Gasteiger partial charge on any atom is 0.420 e. The van der Waals surface area contributed by atoms with E-state index >= 15 is 0 Å². The molecule has 5 rings (SSSR count). The number of rotatable bonds is 5. The second kappa shape index (κ2) is 9.07. The molecule has 3 heterocycles. The fourth-order valence-corrected chi connectivity index (χ4v) is 5.84. The molecule has 5 atom stereocenters. The van der Waals surface area contributed by atoms with Crippen molar-refractivity contribution < 1.29 is 22.3 Å². The highest BCUT2D eigenvalue weighted by Gasteiger charge is 2.43. The maximum atomic E-state index is 13.9.